The fourth-order valence-electron chi connectivity index (χ4n) is 1.32. The Morgan fingerprint density at radius 1 is 1.50 bits per heavy atom. The van der Waals surface area contributed by atoms with Crippen LogP contribution in [0.25, 0.3) is 0 Å². The molecule has 1 heterocycles. The third-order valence-electron chi connectivity index (χ3n) is 2.32. The molecule has 0 aliphatic heterocycles. The molecule has 1 aromatic rings. The quantitative estimate of drug-likeness (QED) is 0.770. The summed E-state index contributed by atoms with van der Waals surface area (Å²) in [5.74, 6) is 1.04. The van der Waals surface area contributed by atoms with Gasteiger partial charge in [0.2, 0.25) is 0 Å². The van der Waals surface area contributed by atoms with Crippen LogP contribution in [0, 0.1) is 5.41 Å². The van der Waals surface area contributed by atoms with Crippen LogP contribution in [0.1, 0.15) is 33.0 Å². The Morgan fingerprint density at radius 3 is 2.79 bits per heavy atom. The molecular formula is C10H20N4. The van der Waals surface area contributed by atoms with Gasteiger partial charge in [-0.3, -0.25) is 4.68 Å². The molecule has 0 radical (unpaired) electrons. The van der Waals surface area contributed by atoms with Crippen LogP contribution in [0.15, 0.2) is 6.33 Å². The zero-order valence-electron chi connectivity index (χ0n) is 9.32. The summed E-state index contributed by atoms with van der Waals surface area (Å²) in [6, 6.07) is 0. The van der Waals surface area contributed by atoms with Crippen molar-refractivity contribution >= 4 is 0 Å². The smallest absolute Gasteiger partial charge is 0.138 e. The number of hydrogen-bond acceptors (Lipinski definition) is 3. The van der Waals surface area contributed by atoms with Gasteiger partial charge in [-0.2, -0.15) is 5.10 Å². The van der Waals surface area contributed by atoms with E-state index in [0.29, 0.717) is 6.54 Å². The highest BCUT2D eigenvalue weighted by molar-refractivity contribution is 4.91. The molecule has 0 unspecified atom stereocenters. The summed E-state index contributed by atoms with van der Waals surface area (Å²) in [5, 5.41) is 4.19. The second kappa shape index (κ2) is 4.55. The normalized spacial score (nSPS) is 12.0. The maximum absolute atomic E-state index is 5.69. The fraction of sp³-hybridized carbons (Fsp3) is 0.800. The van der Waals surface area contributed by atoms with E-state index in [1.54, 1.807) is 6.33 Å². The van der Waals surface area contributed by atoms with Crippen LogP contribution in [0.2, 0.25) is 0 Å². The van der Waals surface area contributed by atoms with Gasteiger partial charge in [0.25, 0.3) is 0 Å². The topological polar surface area (TPSA) is 56.7 Å². The van der Waals surface area contributed by atoms with Gasteiger partial charge in [-0.15, -0.1) is 0 Å². The predicted molar refractivity (Wildman–Crippen MR) is 56.9 cm³/mol. The molecule has 0 aromatic carbocycles. The molecular weight excluding hydrogens is 176 g/mol. The van der Waals surface area contributed by atoms with Crippen molar-refractivity contribution in [1.82, 2.24) is 14.8 Å². The number of nitrogens with zero attached hydrogens (tertiary/aromatic N) is 3. The van der Waals surface area contributed by atoms with E-state index >= 15 is 0 Å². The number of rotatable bonds is 5. The molecule has 0 spiro atoms. The lowest BCUT2D eigenvalue weighted by atomic mass is 9.89. The van der Waals surface area contributed by atoms with Crippen molar-refractivity contribution in [3.05, 3.63) is 12.2 Å². The largest absolute Gasteiger partial charge is 0.330 e. The van der Waals surface area contributed by atoms with E-state index in [2.05, 4.69) is 30.9 Å². The maximum atomic E-state index is 5.69. The summed E-state index contributed by atoms with van der Waals surface area (Å²) in [6.07, 6.45) is 3.60. The van der Waals surface area contributed by atoms with E-state index in [1.807, 2.05) is 4.68 Å². The second-order valence-electron chi connectivity index (χ2n) is 4.44. The summed E-state index contributed by atoms with van der Waals surface area (Å²) in [5.41, 5.74) is 5.80. The first-order valence-electron chi connectivity index (χ1n) is 5.16. The molecule has 0 bridgehead atoms. The predicted octanol–water partition coefficient (Wildman–Crippen LogP) is 1.22. The van der Waals surface area contributed by atoms with Crippen molar-refractivity contribution in [3.63, 3.8) is 0 Å². The molecule has 0 saturated carbocycles. The first kappa shape index (κ1) is 11.2. The van der Waals surface area contributed by atoms with Gasteiger partial charge < -0.3 is 5.73 Å². The molecule has 0 amide bonds. The van der Waals surface area contributed by atoms with Crippen LogP contribution in [0.4, 0.5) is 0 Å². The van der Waals surface area contributed by atoms with E-state index in [1.165, 1.54) is 0 Å². The Balaban J connectivity index is 2.70. The third kappa shape index (κ3) is 2.80. The summed E-state index contributed by atoms with van der Waals surface area (Å²) in [6.45, 7) is 8.05. The number of aryl methyl sites for hydroxylation is 1. The number of aromatic nitrogens is 3. The van der Waals surface area contributed by atoms with Gasteiger partial charge in [0.15, 0.2) is 0 Å². The Labute approximate surface area is 85.5 Å². The first-order valence-corrected chi connectivity index (χ1v) is 5.16. The highest BCUT2D eigenvalue weighted by Gasteiger charge is 2.19. The highest BCUT2D eigenvalue weighted by Crippen LogP contribution is 2.18. The first-order chi connectivity index (χ1) is 6.59. The molecule has 4 heteroatoms. The Bertz CT molecular complexity index is 277. The van der Waals surface area contributed by atoms with Gasteiger partial charge in [0, 0.05) is 13.0 Å². The van der Waals surface area contributed by atoms with Crippen LogP contribution in [0.3, 0.4) is 0 Å². The van der Waals surface area contributed by atoms with Crippen LogP contribution in [0.5, 0.6) is 0 Å². The van der Waals surface area contributed by atoms with E-state index in [9.17, 15) is 0 Å². The lowest BCUT2D eigenvalue weighted by Crippen LogP contribution is -2.27. The number of nitrogens with two attached hydrogens (primary N) is 1. The average molecular weight is 196 g/mol. The molecule has 14 heavy (non-hydrogen) atoms. The van der Waals surface area contributed by atoms with Crippen LogP contribution in [-0.4, -0.2) is 21.3 Å². The minimum absolute atomic E-state index is 0.110. The van der Waals surface area contributed by atoms with Crippen molar-refractivity contribution in [1.29, 1.82) is 0 Å². The summed E-state index contributed by atoms with van der Waals surface area (Å²) in [7, 11) is 0. The van der Waals surface area contributed by atoms with E-state index in [0.717, 1.165) is 25.2 Å². The zero-order valence-corrected chi connectivity index (χ0v) is 9.32. The Hall–Kier alpha value is -0.900. The number of hydrogen-bond donors (Lipinski definition) is 1. The molecule has 1 rings (SSSR count). The average Bonchev–Trinajstić information content (AvgIpc) is 2.53. The van der Waals surface area contributed by atoms with E-state index in [4.69, 9.17) is 5.73 Å². The van der Waals surface area contributed by atoms with Crippen molar-refractivity contribution < 1.29 is 0 Å². The van der Waals surface area contributed by atoms with Gasteiger partial charge in [-0.25, -0.2) is 4.98 Å². The van der Waals surface area contributed by atoms with Crippen molar-refractivity contribution in [3.8, 4) is 0 Å². The SMILES string of the molecule is CCCn1ncnc1CC(C)(C)CN. The lowest BCUT2D eigenvalue weighted by molar-refractivity contribution is 0.357. The zero-order chi connectivity index (χ0) is 10.6. The van der Waals surface area contributed by atoms with Crippen LogP contribution >= 0.6 is 0 Å². The van der Waals surface area contributed by atoms with Gasteiger partial charge in [0.05, 0.1) is 0 Å². The minimum atomic E-state index is 0.110. The van der Waals surface area contributed by atoms with Gasteiger partial charge >= 0.3 is 0 Å². The van der Waals surface area contributed by atoms with Crippen molar-refractivity contribution in [2.45, 2.75) is 40.2 Å². The van der Waals surface area contributed by atoms with Gasteiger partial charge in [0.1, 0.15) is 12.2 Å². The fourth-order valence-corrected chi connectivity index (χ4v) is 1.32. The molecule has 0 fully saturated rings. The Morgan fingerprint density at radius 2 is 2.21 bits per heavy atom. The minimum Gasteiger partial charge on any atom is -0.330 e. The van der Waals surface area contributed by atoms with Crippen molar-refractivity contribution in [2.24, 2.45) is 11.1 Å². The summed E-state index contributed by atoms with van der Waals surface area (Å²) in [4.78, 5) is 4.26. The molecule has 80 valence electrons. The standard InChI is InChI=1S/C10H20N4/c1-4-5-14-9(12-8-13-14)6-10(2,3)7-11/h8H,4-7,11H2,1-3H3. The molecule has 4 nitrogen and oxygen atoms in total. The molecule has 0 aliphatic carbocycles. The van der Waals surface area contributed by atoms with E-state index in [-0.39, 0.29) is 5.41 Å². The van der Waals surface area contributed by atoms with E-state index < -0.39 is 0 Å². The monoisotopic (exact) mass is 196 g/mol. The highest BCUT2D eigenvalue weighted by atomic mass is 15.3. The summed E-state index contributed by atoms with van der Waals surface area (Å²) >= 11 is 0. The van der Waals surface area contributed by atoms with Crippen molar-refractivity contribution in [2.75, 3.05) is 6.54 Å². The maximum Gasteiger partial charge on any atom is 0.138 e. The molecule has 0 aliphatic rings. The molecule has 2 N–H and O–H groups in total. The van der Waals surface area contributed by atoms with Crippen LogP contribution in [-0.2, 0) is 13.0 Å². The van der Waals surface area contributed by atoms with Crippen LogP contribution < -0.4 is 5.73 Å². The third-order valence-corrected chi connectivity index (χ3v) is 2.32. The Kier molecular flexibility index (Phi) is 3.63. The molecule has 0 atom stereocenters. The molecule has 0 saturated heterocycles. The lowest BCUT2D eigenvalue weighted by Gasteiger charge is -2.21. The second-order valence-corrected chi connectivity index (χ2v) is 4.44. The molecule has 1 aromatic heterocycles. The van der Waals surface area contributed by atoms with Gasteiger partial charge in [-0.05, 0) is 18.4 Å². The summed E-state index contributed by atoms with van der Waals surface area (Å²) < 4.78 is 1.97. The van der Waals surface area contributed by atoms with Gasteiger partial charge in [-0.1, -0.05) is 20.8 Å².